The average molecular weight is 285 g/mol. The number of hydrogen-bond acceptors (Lipinski definition) is 2. The van der Waals surface area contributed by atoms with Crippen molar-refractivity contribution < 1.29 is 0 Å². The largest absolute Gasteiger partial charge is 0.338 e. The predicted molar refractivity (Wildman–Crippen MR) is 88.3 cm³/mol. The lowest BCUT2D eigenvalue weighted by Crippen LogP contribution is -2.22. The second kappa shape index (κ2) is 7.41. The molecule has 1 N–H and O–H groups in total. The van der Waals surface area contributed by atoms with Gasteiger partial charge in [0.15, 0.2) is 0 Å². The molecule has 0 saturated carbocycles. The molecule has 2 aromatic rings. The number of rotatable bonds is 7. The maximum absolute atomic E-state index is 4.35. The molecule has 1 atom stereocenters. The highest BCUT2D eigenvalue weighted by Gasteiger charge is 2.06. The lowest BCUT2D eigenvalue weighted by molar-refractivity contribution is 0.564. The summed E-state index contributed by atoms with van der Waals surface area (Å²) in [5.74, 6) is 1.84. The van der Waals surface area contributed by atoms with Crippen molar-refractivity contribution in [3.63, 3.8) is 0 Å². The zero-order valence-electron chi connectivity index (χ0n) is 13.6. The second-order valence-electron chi connectivity index (χ2n) is 6.22. The van der Waals surface area contributed by atoms with Crippen molar-refractivity contribution in [3.8, 4) is 0 Å². The van der Waals surface area contributed by atoms with E-state index in [9.17, 15) is 0 Å². The molecule has 21 heavy (non-hydrogen) atoms. The van der Waals surface area contributed by atoms with E-state index in [1.54, 1.807) is 0 Å². The van der Waals surface area contributed by atoms with Crippen LogP contribution in [0.4, 0.5) is 0 Å². The first-order valence-corrected chi connectivity index (χ1v) is 7.84. The maximum atomic E-state index is 4.35. The van der Waals surface area contributed by atoms with Crippen LogP contribution in [0, 0.1) is 5.92 Å². The van der Waals surface area contributed by atoms with Crippen LogP contribution in [-0.4, -0.2) is 16.1 Å². The number of nitrogens with zero attached hydrogens (tertiary/aromatic N) is 2. The lowest BCUT2D eigenvalue weighted by atomic mass is 10.00. The number of aromatic nitrogens is 2. The van der Waals surface area contributed by atoms with Crippen LogP contribution in [0.1, 0.15) is 43.8 Å². The summed E-state index contributed by atoms with van der Waals surface area (Å²) < 4.78 is 2.08. The Labute approximate surface area is 128 Å². The molecule has 0 spiro atoms. The molecule has 0 radical (unpaired) electrons. The van der Waals surface area contributed by atoms with Gasteiger partial charge in [0.25, 0.3) is 0 Å². The highest BCUT2D eigenvalue weighted by Crippen LogP contribution is 2.15. The van der Waals surface area contributed by atoms with Crippen LogP contribution < -0.4 is 5.32 Å². The van der Waals surface area contributed by atoms with Crippen LogP contribution in [0.5, 0.6) is 0 Å². The Balaban J connectivity index is 1.82. The molecular weight excluding hydrogens is 258 g/mol. The molecule has 3 nitrogen and oxygen atoms in total. The Morgan fingerprint density at radius 1 is 1.14 bits per heavy atom. The van der Waals surface area contributed by atoms with Crippen LogP contribution in [0.25, 0.3) is 0 Å². The SMILES string of the molecule is CC(C)Cc1ccc(C(C)NCCc2nccn2C)cc1. The fraction of sp³-hybridized carbons (Fsp3) is 0.500. The number of benzene rings is 1. The van der Waals surface area contributed by atoms with Gasteiger partial charge in [0.05, 0.1) is 0 Å². The molecular formula is C18H27N3. The summed E-state index contributed by atoms with van der Waals surface area (Å²) >= 11 is 0. The molecule has 114 valence electrons. The fourth-order valence-electron chi connectivity index (χ4n) is 2.57. The maximum Gasteiger partial charge on any atom is 0.109 e. The van der Waals surface area contributed by atoms with Crippen LogP contribution in [0.3, 0.4) is 0 Å². The first kappa shape index (κ1) is 15.8. The van der Waals surface area contributed by atoms with Gasteiger partial charge in [-0.1, -0.05) is 38.1 Å². The molecule has 1 unspecified atom stereocenters. The number of imidazole rings is 1. The van der Waals surface area contributed by atoms with Gasteiger partial charge in [-0.15, -0.1) is 0 Å². The Kier molecular flexibility index (Phi) is 5.57. The van der Waals surface area contributed by atoms with Crippen molar-refractivity contribution in [2.45, 2.75) is 39.7 Å². The van der Waals surface area contributed by atoms with Crippen molar-refractivity contribution in [2.24, 2.45) is 13.0 Å². The number of aryl methyl sites for hydroxylation is 1. The lowest BCUT2D eigenvalue weighted by Gasteiger charge is -2.15. The second-order valence-corrected chi connectivity index (χ2v) is 6.22. The topological polar surface area (TPSA) is 29.9 Å². The Morgan fingerprint density at radius 3 is 2.43 bits per heavy atom. The summed E-state index contributed by atoms with van der Waals surface area (Å²) in [6.07, 6.45) is 5.96. The monoisotopic (exact) mass is 285 g/mol. The van der Waals surface area contributed by atoms with Crippen molar-refractivity contribution in [1.82, 2.24) is 14.9 Å². The Morgan fingerprint density at radius 2 is 1.86 bits per heavy atom. The summed E-state index contributed by atoms with van der Waals surface area (Å²) in [5, 5.41) is 3.57. The van der Waals surface area contributed by atoms with Crippen LogP contribution in [0.2, 0.25) is 0 Å². The van der Waals surface area contributed by atoms with E-state index in [0.29, 0.717) is 12.0 Å². The third-order valence-corrected chi connectivity index (χ3v) is 3.84. The van der Waals surface area contributed by atoms with E-state index >= 15 is 0 Å². The molecule has 0 saturated heterocycles. The van der Waals surface area contributed by atoms with E-state index in [-0.39, 0.29) is 0 Å². The molecule has 2 rings (SSSR count). The molecule has 0 aliphatic heterocycles. The van der Waals surface area contributed by atoms with E-state index in [2.05, 4.69) is 59.9 Å². The van der Waals surface area contributed by atoms with E-state index in [1.807, 2.05) is 19.4 Å². The van der Waals surface area contributed by atoms with Gasteiger partial charge in [0, 0.05) is 38.4 Å². The summed E-state index contributed by atoms with van der Waals surface area (Å²) in [6, 6.07) is 9.38. The summed E-state index contributed by atoms with van der Waals surface area (Å²) in [5.41, 5.74) is 2.77. The van der Waals surface area contributed by atoms with Crippen molar-refractivity contribution in [3.05, 3.63) is 53.6 Å². The highest BCUT2D eigenvalue weighted by molar-refractivity contribution is 5.25. The summed E-state index contributed by atoms with van der Waals surface area (Å²) in [6.45, 7) is 7.68. The zero-order chi connectivity index (χ0) is 15.2. The first-order valence-electron chi connectivity index (χ1n) is 7.84. The minimum absolute atomic E-state index is 0.373. The fourth-order valence-corrected chi connectivity index (χ4v) is 2.57. The Hall–Kier alpha value is -1.61. The zero-order valence-corrected chi connectivity index (χ0v) is 13.6. The molecule has 0 aliphatic carbocycles. The Bertz CT molecular complexity index is 540. The van der Waals surface area contributed by atoms with Gasteiger partial charge >= 0.3 is 0 Å². The molecule has 1 aromatic heterocycles. The van der Waals surface area contributed by atoms with Crippen LogP contribution in [0.15, 0.2) is 36.7 Å². The summed E-state index contributed by atoms with van der Waals surface area (Å²) in [7, 11) is 2.04. The van der Waals surface area contributed by atoms with Crippen molar-refractivity contribution in [1.29, 1.82) is 0 Å². The third-order valence-electron chi connectivity index (χ3n) is 3.84. The van der Waals surface area contributed by atoms with Crippen molar-refractivity contribution in [2.75, 3.05) is 6.54 Å². The highest BCUT2D eigenvalue weighted by atomic mass is 15.0. The van der Waals surface area contributed by atoms with Crippen LogP contribution in [-0.2, 0) is 19.9 Å². The number of nitrogens with one attached hydrogen (secondary N) is 1. The smallest absolute Gasteiger partial charge is 0.109 e. The van der Waals surface area contributed by atoms with Gasteiger partial charge in [-0.05, 0) is 30.4 Å². The molecule has 1 heterocycles. The predicted octanol–water partition coefficient (Wildman–Crippen LogP) is 3.51. The minimum atomic E-state index is 0.373. The van der Waals surface area contributed by atoms with E-state index in [4.69, 9.17) is 0 Å². The number of hydrogen-bond donors (Lipinski definition) is 1. The molecule has 3 heteroatoms. The van der Waals surface area contributed by atoms with Crippen LogP contribution >= 0.6 is 0 Å². The molecule has 0 amide bonds. The molecule has 0 aliphatic rings. The summed E-state index contributed by atoms with van der Waals surface area (Å²) in [4.78, 5) is 4.35. The van der Waals surface area contributed by atoms with Gasteiger partial charge in [-0.3, -0.25) is 0 Å². The van der Waals surface area contributed by atoms with Gasteiger partial charge in [0.1, 0.15) is 5.82 Å². The standard InChI is InChI=1S/C18H27N3/c1-14(2)13-16-5-7-17(8-6-16)15(3)19-10-9-18-20-11-12-21(18)4/h5-8,11-12,14-15,19H,9-10,13H2,1-4H3. The molecule has 0 bridgehead atoms. The van der Waals surface area contributed by atoms with Gasteiger partial charge in [-0.25, -0.2) is 4.98 Å². The quantitative estimate of drug-likeness (QED) is 0.843. The van der Waals surface area contributed by atoms with E-state index < -0.39 is 0 Å². The molecule has 0 fully saturated rings. The first-order chi connectivity index (χ1) is 10.1. The van der Waals surface area contributed by atoms with Gasteiger partial charge in [0.2, 0.25) is 0 Å². The average Bonchev–Trinajstić information content (AvgIpc) is 2.84. The molecule has 1 aromatic carbocycles. The van der Waals surface area contributed by atoms with Gasteiger partial charge < -0.3 is 9.88 Å². The minimum Gasteiger partial charge on any atom is -0.338 e. The third kappa shape index (κ3) is 4.71. The van der Waals surface area contributed by atoms with Crippen molar-refractivity contribution >= 4 is 0 Å². The van der Waals surface area contributed by atoms with E-state index in [1.165, 1.54) is 11.1 Å². The van der Waals surface area contributed by atoms with Gasteiger partial charge in [-0.2, -0.15) is 0 Å². The van der Waals surface area contributed by atoms with E-state index in [0.717, 1.165) is 25.2 Å². The normalized spacial score (nSPS) is 12.8.